The second kappa shape index (κ2) is 3.67. The van der Waals surface area contributed by atoms with E-state index < -0.39 is 18.8 Å². The highest BCUT2D eigenvalue weighted by molar-refractivity contribution is 7.34. The van der Waals surface area contributed by atoms with Crippen molar-refractivity contribution in [3.63, 3.8) is 0 Å². The van der Waals surface area contributed by atoms with E-state index in [4.69, 9.17) is 5.11 Å². The maximum Gasteiger partial charge on any atom is 0.333 e. The van der Waals surface area contributed by atoms with E-state index in [1.807, 2.05) is 0 Å². The topological polar surface area (TPSA) is 71.4 Å². The summed E-state index contributed by atoms with van der Waals surface area (Å²) in [5.41, 5.74) is 0. The first-order valence-electron chi connectivity index (χ1n) is 3.39. The van der Waals surface area contributed by atoms with E-state index in [-0.39, 0.29) is 12.8 Å². The van der Waals surface area contributed by atoms with Crippen LogP contribution in [0, 0.1) is 0 Å². The number of carboxylic acid groups (broad SMARTS) is 1. The van der Waals surface area contributed by atoms with Crippen molar-refractivity contribution >= 4 is 13.6 Å². The summed E-state index contributed by atoms with van der Waals surface area (Å²) in [6.45, 7) is 3.12. The van der Waals surface area contributed by atoms with Gasteiger partial charge in [0.2, 0.25) is 0 Å². The second-order valence-corrected chi connectivity index (χ2v) is 3.67. The van der Waals surface area contributed by atoms with Crippen molar-refractivity contribution in [2.24, 2.45) is 0 Å². The molecule has 0 atom stereocenters. The van der Waals surface area contributed by atoms with Crippen molar-refractivity contribution < 1.29 is 19.0 Å². The predicted octanol–water partition coefficient (Wildman–Crippen LogP) is 1.80. The van der Waals surface area contributed by atoms with Gasteiger partial charge in [-0.2, -0.15) is 0 Å². The van der Waals surface area contributed by atoms with Crippen LogP contribution in [0.15, 0.2) is 0 Å². The van der Waals surface area contributed by atoms with Crippen molar-refractivity contribution in [2.45, 2.75) is 31.8 Å². The standard InChI is InChI=1S/C6H11O4P/c1-3-6(4-2,5(7)8)11(9)10/h3-4H2,1-2H3,(H,7,8). The molecule has 0 heterocycles. The fourth-order valence-corrected chi connectivity index (χ4v) is 1.56. The van der Waals surface area contributed by atoms with Gasteiger partial charge >= 0.3 is 13.6 Å². The van der Waals surface area contributed by atoms with Gasteiger partial charge in [0.15, 0.2) is 5.16 Å². The van der Waals surface area contributed by atoms with Crippen LogP contribution in [-0.4, -0.2) is 16.2 Å². The number of rotatable bonds is 4. The molecule has 1 N–H and O–H groups in total. The van der Waals surface area contributed by atoms with Gasteiger partial charge in [-0.05, 0) is 12.8 Å². The maximum atomic E-state index is 10.6. The van der Waals surface area contributed by atoms with Crippen LogP contribution in [0.4, 0.5) is 0 Å². The van der Waals surface area contributed by atoms with Gasteiger partial charge in [0, 0.05) is 0 Å². The molecule has 0 aromatic rings. The molecule has 0 aliphatic heterocycles. The largest absolute Gasteiger partial charge is 0.480 e. The summed E-state index contributed by atoms with van der Waals surface area (Å²) in [6.07, 6.45) is 0.245. The highest BCUT2D eigenvalue weighted by atomic mass is 31.1. The molecule has 11 heavy (non-hydrogen) atoms. The molecule has 64 valence electrons. The van der Waals surface area contributed by atoms with Crippen LogP contribution >= 0.6 is 7.68 Å². The van der Waals surface area contributed by atoms with Crippen LogP contribution in [0.5, 0.6) is 0 Å². The minimum absolute atomic E-state index is 0.123. The fourth-order valence-electron chi connectivity index (χ4n) is 0.889. The summed E-state index contributed by atoms with van der Waals surface area (Å²) < 4.78 is 21.2. The van der Waals surface area contributed by atoms with Crippen LogP contribution in [0.25, 0.3) is 0 Å². The molecule has 0 aliphatic rings. The molecule has 0 saturated heterocycles. The Morgan fingerprint density at radius 3 is 1.73 bits per heavy atom. The minimum Gasteiger partial charge on any atom is -0.480 e. The molecule has 0 amide bonds. The Bertz CT molecular complexity index is 207. The lowest BCUT2D eigenvalue weighted by molar-refractivity contribution is -0.140. The molecular formula is C6H11O4P. The summed E-state index contributed by atoms with van der Waals surface area (Å²) in [6, 6.07) is 0. The number of aliphatic carboxylic acids is 1. The first kappa shape index (κ1) is 10.4. The van der Waals surface area contributed by atoms with Crippen LogP contribution in [-0.2, 0) is 13.9 Å². The first-order chi connectivity index (χ1) is 5.01. The third kappa shape index (κ3) is 1.69. The van der Waals surface area contributed by atoms with Crippen molar-refractivity contribution in [2.75, 3.05) is 0 Å². The van der Waals surface area contributed by atoms with Gasteiger partial charge in [-0.3, -0.25) is 4.79 Å². The van der Waals surface area contributed by atoms with Crippen molar-refractivity contribution in [3.05, 3.63) is 0 Å². The zero-order valence-electron chi connectivity index (χ0n) is 6.53. The molecule has 0 fully saturated rings. The highest BCUT2D eigenvalue weighted by Gasteiger charge is 2.41. The molecule has 0 aliphatic carbocycles. The maximum absolute atomic E-state index is 10.6. The summed E-state index contributed by atoms with van der Waals surface area (Å²) in [5.74, 6) is -1.25. The minimum atomic E-state index is -2.89. The molecule has 0 spiro atoms. The van der Waals surface area contributed by atoms with Crippen molar-refractivity contribution in [3.8, 4) is 0 Å². The van der Waals surface area contributed by atoms with E-state index in [9.17, 15) is 13.9 Å². The Morgan fingerprint density at radius 1 is 1.36 bits per heavy atom. The first-order valence-corrected chi connectivity index (χ1v) is 4.57. The molecule has 0 unspecified atom stereocenters. The molecule has 0 radical (unpaired) electrons. The second-order valence-electron chi connectivity index (χ2n) is 2.30. The van der Waals surface area contributed by atoms with Crippen molar-refractivity contribution in [1.82, 2.24) is 0 Å². The van der Waals surface area contributed by atoms with E-state index in [1.54, 1.807) is 13.8 Å². The average molecular weight is 178 g/mol. The number of carboxylic acids is 1. The predicted molar refractivity (Wildman–Crippen MR) is 39.2 cm³/mol. The number of hydrogen-bond donors (Lipinski definition) is 1. The van der Waals surface area contributed by atoms with Crippen LogP contribution in [0.3, 0.4) is 0 Å². The Morgan fingerprint density at radius 2 is 1.73 bits per heavy atom. The van der Waals surface area contributed by atoms with E-state index >= 15 is 0 Å². The van der Waals surface area contributed by atoms with Crippen LogP contribution < -0.4 is 0 Å². The van der Waals surface area contributed by atoms with Crippen LogP contribution in [0.2, 0.25) is 0 Å². The normalized spacial score (nSPS) is 11.1. The van der Waals surface area contributed by atoms with E-state index in [0.29, 0.717) is 0 Å². The van der Waals surface area contributed by atoms with Gasteiger partial charge in [0.25, 0.3) is 0 Å². The quantitative estimate of drug-likeness (QED) is 0.666. The Labute approximate surface area is 65.4 Å². The molecule has 0 rings (SSSR count). The van der Waals surface area contributed by atoms with Gasteiger partial charge in [0.05, 0.1) is 0 Å². The van der Waals surface area contributed by atoms with Gasteiger partial charge in [-0.25, -0.2) is 9.13 Å². The highest BCUT2D eigenvalue weighted by Crippen LogP contribution is 2.35. The van der Waals surface area contributed by atoms with Gasteiger partial charge < -0.3 is 5.11 Å². The lowest BCUT2D eigenvalue weighted by Gasteiger charge is -2.16. The summed E-state index contributed by atoms with van der Waals surface area (Å²) in [7, 11) is -2.89. The SMILES string of the molecule is CCC(CC)(C(=O)O)P(=O)=O. The Kier molecular flexibility index (Phi) is 3.46. The van der Waals surface area contributed by atoms with E-state index in [2.05, 4.69) is 0 Å². The lowest BCUT2D eigenvalue weighted by atomic mass is 10.0. The smallest absolute Gasteiger partial charge is 0.333 e. The molecule has 4 nitrogen and oxygen atoms in total. The average Bonchev–Trinajstić information content (AvgIpc) is 1.90. The summed E-state index contributed by atoms with van der Waals surface area (Å²) in [5, 5.41) is 7.06. The summed E-state index contributed by atoms with van der Waals surface area (Å²) in [4.78, 5) is 10.5. The molecule has 0 bridgehead atoms. The Balaban J connectivity index is 4.91. The molecule has 0 aromatic carbocycles. The molecule has 0 saturated carbocycles. The van der Waals surface area contributed by atoms with Gasteiger partial charge in [-0.15, -0.1) is 0 Å². The lowest BCUT2D eigenvalue weighted by Crippen LogP contribution is -2.31. The number of hydrogen-bond acceptors (Lipinski definition) is 3. The zero-order chi connectivity index (χ0) is 9.07. The van der Waals surface area contributed by atoms with E-state index in [1.165, 1.54) is 0 Å². The van der Waals surface area contributed by atoms with Crippen LogP contribution in [0.1, 0.15) is 26.7 Å². The fraction of sp³-hybridized carbons (Fsp3) is 0.833. The van der Waals surface area contributed by atoms with Gasteiger partial charge in [0.1, 0.15) is 0 Å². The third-order valence-electron chi connectivity index (χ3n) is 1.92. The molecule has 5 heteroatoms. The molecular weight excluding hydrogens is 167 g/mol. The van der Waals surface area contributed by atoms with E-state index in [0.717, 1.165) is 0 Å². The third-order valence-corrected chi connectivity index (χ3v) is 3.44. The summed E-state index contributed by atoms with van der Waals surface area (Å²) >= 11 is 0. The Hall–Kier alpha value is -0.630. The molecule has 0 aromatic heterocycles. The monoisotopic (exact) mass is 178 g/mol. The number of carbonyl (C=O) groups is 1. The van der Waals surface area contributed by atoms with Gasteiger partial charge in [-0.1, -0.05) is 13.8 Å². The van der Waals surface area contributed by atoms with Crippen molar-refractivity contribution in [1.29, 1.82) is 0 Å². The zero-order valence-corrected chi connectivity index (χ0v) is 7.43.